The molecule has 1 aliphatic heterocycles. The van der Waals surface area contributed by atoms with Crippen molar-refractivity contribution in [1.82, 2.24) is 5.32 Å². The van der Waals surface area contributed by atoms with Crippen LogP contribution in [0.1, 0.15) is 26.7 Å². The molecule has 2 atom stereocenters. The Kier molecular flexibility index (Phi) is 4.40. The van der Waals surface area contributed by atoms with Crippen molar-refractivity contribution in [3.63, 3.8) is 0 Å². The van der Waals surface area contributed by atoms with Gasteiger partial charge >= 0.3 is 0 Å². The number of hydrogen-bond donors (Lipinski definition) is 2. The highest BCUT2D eigenvalue weighted by molar-refractivity contribution is 7.99. The fourth-order valence-corrected chi connectivity index (χ4v) is 2.49. The van der Waals surface area contributed by atoms with Gasteiger partial charge in [0.15, 0.2) is 0 Å². The minimum Gasteiger partial charge on any atom is -0.327 e. The molecule has 3 N–H and O–H groups in total. The molecule has 0 radical (unpaired) electrons. The third-order valence-corrected chi connectivity index (χ3v) is 3.56. The second-order valence-corrected chi connectivity index (χ2v) is 4.93. The molecule has 0 aromatic heterocycles. The van der Waals surface area contributed by atoms with Gasteiger partial charge in [0.2, 0.25) is 0 Å². The lowest BCUT2D eigenvalue weighted by Crippen LogP contribution is -2.47. The van der Waals surface area contributed by atoms with Crippen LogP contribution in [0, 0.1) is 0 Å². The molecule has 0 aromatic carbocycles. The lowest BCUT2D eigenvalue weighted by molar-refractivity contribution is 0.389. The molecule has 2 unspecified atom stereocenters. The third kappa shape index (κ3) is 3.33. The summed E-state index contributed by atoms with van der Waals surface area (Å²) in [5.41, 5.74) is 5.79. The van der Waals surface area contributed by atoms with Crippen LogP contribution in [-0.4, -0.2) is 29.6 Å². The van der Waals surface area contributed by atoms with Crippen molar-refractivity contribution in [1.29, 1.82) is 0 Å². The quantitative estimate of drug-likeness (QED) is 0.699. The first-order valence-corrected chi connectivity index (χ1v) is 5.95. The van der Waals surface area contributed by atoms with E-state index >= 15 is 0 Å². The maximum atomic E-state index is 5.79. The second kappa shape index (κ2) is 5.10. The summed E-state index contributed by atoms with van der Waals surface area (Å²) >= 11 is 2.06. The van der Waals surface area contributed by atoms with Crippen LogP contribution >= 0.6 is 11.8 Å². The van der Waals surface area contributed by atoms with Crippen molar-refractivity contribution in [2.45, 2.75) is 44.8 Å². The van der Waals surface area contributed by atoms with Crippen LogP contribution in [0.25, 0.3) is 0 Å². The van der Waals surface area contributed by atoms with Gasteiger partial charge in [0, 0.05) is 18.1 Å². The number of nitrogens with two attached hydrogens (primary N) is 1. The van der Waals surface area contributed by atoms with Gasteiger partial charge in [-0.2, -0.15) is 11.8 Å². The summed E-state index contributed by atoms with van der Waals surface area (Å²) in [7, 11) is 0. The van der Waals surface area contributed by atoms with E-state index in [1.165, 1.54) is 24.3 Å². The van der Waals surface area contributed by atoms with Crippen LogP contribution in [0.5, 0.6) is 0 Å². The Morgan fingerprint density at radius 2 is 1.92 bits per heavy atom. The smallest absolute Gasteiger partial charge is 0.0190 e. The van der Waals surface area contributed by atoms with Crippen LogP contribution in [0.4, 0.5) is 0 Å². The van der Waals surface area contributed by atoms with Crippen LogP contribution in [0.3, 0.4) is 0 Å². The molecular formula is C9H20N2S. The molecule has 3 heteroatoms. The molecule has 1 rings (SSSR count). The van der Waals surface area contributed by atoms with Crippen LogP contribution in [0.15, 0.2) is 0 Å². The first-order chi connectivity index (χ1) is 5.70. The molecule has 0 spiro atoms. The van der Waals surface area contributed by atoms with Crippen molar-refractivity contribution in [3.8, 4) is 0 Å². The van der Waals surface area contributed by atoms with Gasteiger partial charge in [-0.1, -0.05) is 0 Å². The maximum Gasteiger partial charge on any atom is 0.0190 e. The van der Waals surface area contributed by atoms with E-state index in [0.717, 1.165) is 0 Å². The first kappa shape index (κ1) is 10.4. The summed E-state index contributed by atoms with van der Waals surface area (Å²) in [5.74, 6) is 2.62. The van der Waals surface area contributed by atoms with E-state index in [1.807, 2.05) is 0 Å². The van der Waals surface area contributed by atoms with Crippen molar-refractivity contribution in [2.75, 3.05) is 11.5 Å². The zero-order valence-electron chi connectivity index (χ0n) is 8.05. The van der Waals surface area contributed by atoms with E-state index in [-0.39, 0.29) is 6.04 Å². The van der Waals surface area contributed by atoms with Gasteiger partial charge in [-0.3, -0.25) is 0 Å². The Bertz CT molecular complexity index is 122. The van der Waals surface area contributed by atoms with E-state index in [0.29, 0.717) is 12.1 Å². The van der Waals surface area contributed by atoms with Crippen molar-refractivity contribution in [3.05, 3.63) is 0 Å². The summed E-state index contributed by atoms with van der Waals surface area (Å²) in [6.45, 7) is 4.24. The van der Waals surface area contributed by atoms with Gasteiger partial charge in [0.1, 0.15) is 0 Å². The zero-order chi connectivity index (χ0) is 8.97. The third-order valence-electron chi connectivity index (χ3n) is 2.51. The van der Waals surface area contributed by atoms with E-state index < -0.39 is 0 Å². The molecule has 72 valence electrons. The Balaban J connectivity index is 2.20. The molecule has 0 bridgehead atoms. The van der Waals surface area contributed by atoms with Gasteiger partial charge in [0.25, 0.3) is 0 Å². The maximum absolute atomic E-state index is 5.79. The summed E-state index contributed by atoms with van der Waals surface area (Å²) < 4.78 is 0. The zero-order valence-corrected chi connectivity index (χ0v) is 8.86. The van der Waals surface area contributed by atoms with E-state index in [2.05, 4.69) is 30.9 Å². The SMILES string of the molecule is CC(N)C(C)NC1CCSCC1. The number of rotatable bonds is 3. The van der Waals surface area contributed by atoms with Gasteiger partial charge in [-0.15, -0.1) is 0 Å². The monoisotopic (exact) mass is 188 g/mol. The van der Waals surface area contributed by atoms with E-state index in [1.54, 1.807) is 0 Å². The molecular weight excluding hydrogens is 168 g/mol. The largest absolute Gasteiger partial charge is 0.327 e. The number of hydrogen-bond acceptors (Lipinski definition) is 3. The predicted octanol–water partition coefficient (Wildman–Crippen LogP) is 1.21. The predicted molar refractivity (Wildman–Crippen MR) is 56.6 cm³/mol. The van der Waals surface area contributed by atoms with Crippen LogP contribution in [0.2, 0.25) is 0 Å². The highest BCUT2D eigenvalue weighted by atomic mass is 32.2. The highest BCUT2D eigenvalue weighted by Gasteiger charge is 2.16. The Morgan fingerprint density at radius 3 is 2.42 bits per heavy atom. The molecule has 0 aromatic rings. The summed E-state index contributed by atoms with van der Waals surface area (Å²) in [5, 5.41) is 3.58. The fraction of sp³-hybridized carbons (Fsp3) is 1.00. The lowest BCUT2D eigenvalue weighted by atomic mass is 10.1. The molecule has 1 saturated heterocycles. The Hall–Kier alpha value is 0.270. The van der Waals surface area contributed by atoms with E-state index in [9.17, 15) is 0 Å². The topological polar surface area (TPSA) is 38.0 Å². The highest BCUT2D eigenvalue weighted by Crippen LogP contribution is 2.17. The number of nitrogens with one attached hydrogen (secondary N) is 1. The average molecular weight is 188 g/mol. The molecule has 0 amide bonds. The Labute approximate surface area is 79.7 Å². The normalized spacial score (nSPS) is 25.2. The van der Waals surface area contributed by atoms with Crippen LogP contribution < -0.4 is 11.1 Å². The lowest BCUT2D eigenvalue weighted by Gasteiger charge is -2.28. The molecule has 1 fully saturated rings. The summed E-state index contributed by atoms with van der Waals surface area (Å²) in [4.78, 5) is 0. The fourth-order valence-electron chi connectivity index (χ4n) is 1.39. The second-order valence-electron chi connectivity index (χ2n) is 3.70. The van der Waals surface area contributed by atoms with Gasteiger partial charge in [-0.25, -0.2) is 0 Å². The molecule has 0 saturated carbocycles. The summed E-state index contributed by atoms with van der Waals surface area (Å²) in [6.07, 6.45) is 2.61. The van der Waals surface area contributed by atoms with Crippen LogP contribution in [-0.2, 0) is 0 Å². The van der Waals surface area contributed by atoms with Crippen molar-refractivity contribution >= 4 is 11.8 Å². The van der Waals surface area contributed by atoms with Crippen molar-refractivity contribution < 1.29 is 0 Å². The molecule has 0 aliphatic carbocycles. The van der Waals surface area contributed by atoms with Gasteiger partial charge in [0.05, 0.1) is 0 Å². The van der Waals surface area contributed by atoms with Gasteiger partial charge in [-0.05, 0) is 38.2 Å². The summed E-state index contributed by atoms with van der Waals surface area (Å²) in [6, 6.07) is 1.44. The molecule has 2 nitrogen and oxygen atoms in total. The first-order valence-electron chi connectivity index (χ1n) is 4.79. The molecule has 1 heterocycles. The standard InChI is InChI=1S/C9H20N2S/c1-7(10)8(2)11-9-3-5-12-6-4-9/h7-9,11H,3-6,10H2,1-2H3. The minimum absolute atomic E-state index is 0.263. The minimum atomic E-state index is 0.263. The molecule has 12 heavy (non-hydrogen) atoms. The number of thioether (sulfide) groups is 1. The Morgan fingerprint density at radius 1 is 1.33 bits per heavy atom. The van der Waals surface area contributed by atoms with E-state index in [4.69, 9.17) is 5.73 Å². The average Bonchev–Trinajstić information content (AvgIpc) is 2.06. The van der Waals surface area contributed by atoms with Gasteiger partial charge < -0.3 is 11.1 Å². The van der Waals surface area contributed by atoms with Crippen molar-refractivity contribution in [2.24, 2.45) is 5.73 Å². The molecule has 1 aliphatic rings.